The Morgan fingerprint density at radius 1 is 0.935 bits per heavy atom. The zero-order valence-electron chi connectivity index (χ0n) is 17.6. The zero-order valence-corrected chi connectivity index (χ0v) is 18.4. The summed E-state index contributed by atoms with van der Waals surface area (Å²) in [7, 11) is 0. The molecule has 0 saturated carbocycles. The summed E-state index contributed by atoms with van der Waals surface area (Å²) >= 11 is 1.46. The van der Waals surface area contributed by atoms with Gasteiger partial charge in [-0.15, -0.1) is 11.3 Å². The molecule has 0 bridgehead atoms. The van der Waals surface area contributed by atoms with Crippen molar-refractivity contribution in [2.75, 3.05) is 18.0 Å². The SMILES string of the molecule is C[C@@H](NC(=O)c1ccccc1N1CCC(NC(=O)c2cccs2)CC1)c1ccccc1. The molecule has 2 N–H and O–H groups in total. The maximum Gasteiger partial charge on any atom is 0.261 e. The highest BCUT2D eigenvalue weighted by Gasteiger charge is 2.24. The molecule has 1 fully saturated rings. The van der Waals surface area contributed by atoms with Crippen molar-refractivity contribution in [3.8, 4) is 0 Å². The molecule has 6 heteroatoms. The summed E-state index contributed by atoms with van der Waals surface area (Å²) in [5, 5.41) is 8.18. The van der Waals surface area contributed by atoms with Gasteiger partial charge in [0.05, 0.1) is 16.5 Å². The molecule has 0 aliphatic carbocycles. The van der Waals surface area contributed by atoms with Crippen LogP contribution in [0.3, 0.4) is 0 Å². The molecule has 160 valence electrons. The summed E-state index contributed by atoms with van der Waals surface area (Å²) in [6.45, 7) is 3.60. The summed E-state index contributed by atoms with van der Waals surface area (Å²) in [6, 6.07) is 21.6. The quantitative estimate of drug-likeness (QED) is 0.595. The number of thiophene rings is 1. The highest BCUT2D eigenvalue weighted by molar-refractivity contribution is 7.12. The molecule has 1 atom stereocenters. The first-order chi connectivity index (χ1) is 15.1. The Labute approximate surface area is 187 Å². The van der Waals surface area contributed by atoms with Gasteiger partial charge in [0.2, 0.25) is 0 Å². The summed E-state index contributed by atoms with van der Waals surface area (Å²) in [6.07, 6.45) is 1.71. The molecule has 0 unspecified atom stereocenters. The van der Waals surface area contributed by atoms with Gasteiger partial charge in [-0.1, -0.05) is 48.5 Å². The molecule has 2 aromatic carbocycles. The van der Waals surface area contributed by atoms with Gasteiger partial charge in [-0.2, -0.15) is 0 Å². The number of nitrogens with one attached hydrogen (secondary N) is 2. The van der Waals surface area contributed by atoms with Gasteiger partial charge in [0.25, 0.3) is 11.8 Å². The molecule has 31 heavy (non-hydrogen) atoms. The minimum atomic E-state index is -0.0695. The van der Waals surface area contributed by atoms with E-state index in [-0.39, 0.29) is 23.9 Å². The Morgan fingerprint density at radius 3 is 2.35 bits per heavy atom. The number of rotatable bonds is 6. The van der Waals surface area contributed by atoms with E-state index in [1.54, 1.807) is 0 Å². The molecular formula is C25H27N3O2S. The second-order valence-electron chi connectivity index (χ2n) is 7.84. The summed E-state index contributed by atoms with van der Waals surface area (Å²) < 4.78 is 0. The summed E-state index contributed by atoms with van der Waals surface area (Å²) in [5.74, 6) is -0.0665. The first-order valence-electron chi connectivity index (χ1n) is 10.7. The van der Waals surface area contributed by atoms with Crippen LogP contribution in [0, 0.1) is 0 Å². The van der Waals surface area contributed by atoms with Gasteiger partial charge in [-0.3, -0.25) is 9.59 Å². The Balaban J connectivity index is 1.38. The van der Waals surface area contributed by atoms with E-state index in [1.165, 1.54) is 11.3 Å². The Bertz CT molecular complexity index is 1010. The smallest absolute Gasteiger partial charge is 0.261 e. The van der Waals surface area contributed by atoms with Crippen molar-refractivity contribution in [3.05, 3.63) is 88.1 Å². The van der Waals surface area contributed by atoms with E-state index in [0.717, 1.165) is 42.1 Å². The van der Waals surface area contributed by atoms with Crippen molar-refractivity contribution in [2.45, 2.75) is 31.8 Å². The average Bonchev–Trinajstić information content (AvgIpc) is 3.35. The average molecular weight is 434 g/mol. The van der Waals surface area contributed by atoms with Crippen molar-refractivity contribution in [1.29, 1.82) is 0 Å². The molecule has 2 heterocycles. The van der Waals surface area contributed by atoms with Crippen molar-refractivity contribution >= 4 is 28.8 Å². The number of hydrogen-bond acceptors (Lipinski definition) is 4. The Morgan fingerprint density at radius 2 is 1.65 bits per heavy atom. The van der Waals surface area contributed by atoms with E-state index < -0.39 is 0 Å². The zero-order chi connectivity index (χ0) is 21.6. The van der Waals surface area contributed by atoms with Crippen LogP contribution in [0.4, 0.5) is 5.69 Å². The van der Waals surface area contributed by atoms with Crippen LogP contribution in [-0.2, 0) is 0 Å². The highest BCUT2D eigenvalue weighted by Crippen LogP contribution is 2.25. The van der Waals surface area contributed by atoms with Crippen molar-refractivity contribution in [1.82, 2.24) is 10.6 Å². The van der Waals surface area contributed by atoms with E-state index in [9.17, 15) is 9.59 Å². The number of piperidine rings is 1. The lowest BCUT2D eigenvalue weighted by Gasteiger charge is -2.35. The lowest BCUT2D eigenvalue weighted by molar-refractivity contribution is 0.0931. The molecule has 0 spiro atoms. The molecule has 3 aromatic rings. The Kier molecular flexibility index (Phi) is 6.67. The highest BCUT2D eigenvalue weighted by atomic mass is 32.1. The number of benzene rings is 2. The molecule has 4 rings (SSSR count). The summed E-state index contributed by atoms with van der Waals surface area (Å²) in [4.78, 5) is 28.4. The standard InChI is InChI=1S/C25H27N3O2S/c1-18(19-8-3-2-4-9-19)26-24(29)21-10-5-6-11-22(21)28-15-13-20(14-16-28)27-25(30)23-12-7-17-31-23/h2-12,17-18,20H,13-16H2,1H3,(H,26,29)(H,27,30)/t18-/m1/s1. The van der Waals surface area contributed by atoms with Crippen molar-refractivity contribution in [3.63, 3.8) is 0 Å². The maximum absolute atomic E-state index is 13.0. The van der Waals surface area contributed by atoms with Crippen LogP contribution in [0.2, 0.25) is 0 Å². The number of nitrogens with zero attached hydrogens (tertiary/aromatic N) is 1. The topological polar surface area (TPSA) is 61.4 Å². The van der Waals surface area contributed by atoms with E-state index in [1.807, 2.05) is 79.0 Å². The molecular weight excluding hydrogens is 406 g/mol. The van der Waals surface area contributed by atoms with Crippen LogP contribution in [0.25, 0.3) is 0 Å². The number of para-hydroxylation sites is 1. The van der Waals surface area contributed by atoms with E-state index in [2.05, 4.69) is 15.5 Å². The Hall–Kier alpha value is -3.12. The summed E-state index contributed by atoms with van der Waals surface area (Å²) in [5.41, 5.74) is 2.71. The maximum atomic E-state index is 13.0. The fraction of sp³-hybridized carbons (Fsp3) is 0.280. The third kappa shape index (κ3) is 5.14. The molecule has 5 nitrogen and oxygen atoms in total. The first kappa shape index (κ1) is 21.1. The van der Waals surface area contributed by atoms with Gasteiger partial charge < -0.3 is 15.5 Å². The van der Waals surface area contributed by atoms with Crippen molar-refractivity contribution in [2.24, 2.45) is 0 Å². The third-order valence-electron chi connectivity index (χ3n) is 5.71. The minimum absolute atomic E-state index is 0.00290. The fourth-order valence-electron chi connectivity index (χ4n) is 3.97. The molecule has 1 aliphatic rings. The van der Waals surface area contributed by atoms with Crippen LogP contribution in [-0.4, -0.2) is 30.9 Å². The molecule has 2 amide bonds. The molecule has 0 radical (unpaired) electrons. The van der Waals surface area contributed by atoms with Crippen LogP contribution >= 0.6 is 11.3 Å². The lowest BCUT2D eigenvalue weighted by Crippen LogP contribution is -2.45. The monoisotopic (exact) mass is 433 g/mol. The van der Waals surface area contributed by atoms with E-state index in [4.69, 9.17) is 0 Å². The van der Waals surface area contributed by atoms with Crippen LogP contribution in [0.15, 0.2) is 72.1 Å². The first-order valence-corrected chi connectivity index (χ1v) is 11.5. The predicted octanol–water partition coefficient (Wildman–Crippen LogP) is 4.64. The van der Waals surface area contributed by atoms with Crippen LogP contribution < -0.4 is 15.5 Å². The van der Waals surface area contributed by atoms with Crippen LogP contribution in [0.5, 0.6) is 0 Å². The second-order valence-corrected chi connectivity index (χ2v) is 8.78. The normalized spacial score (nSPS) is 15.3. The number of carbonyl (C=O) groups is 2. The largest absolute Gasteiger partial charge is 0.371 e. The van der Waals surface area contributed by atoms with Gasteiger partial charge in [-0.05, 0) is 48.9 Å². The number of carbonyl (C=O) groups excluding carboxylic acids is 2. The second kappa shape index (κ2) is 9.79. The molecule has 1 aliphatic heterocycles. The third-order valence-corrected chi connectivity index (χ3v) is 6.58. The number of hydrogen-bond donors (Lipinski definition) is 2. The van der Waals surface area contributed by atoms with E-state index in [0.29, 0.717) is 5.56 Å². The number of anilines is 1. The van der Waals surface area contributed by atoms with Gasteiger partial charge in [-0.25, -0.2) is 0 Å². The van der Waals surface area contributed by atoms with Crippen molar-refractivity contribution < 1.29 is 9.59 Å². The van der Waals surface area contributed by atoms with Gasteiger partial charge >= 0.3 is 0 Å². The molecule has 1 aromatic heterocycles. The van der Waals surface area contributed by atoms with Gasteiger partial charge in [0.1, 0.15) is 0 Å². The minimum Gasteiger partial charge on any atom is -0.371 e. The van der Waals surface area contributed by atoms with Crippen LogP contribution in [0.1, 0.15) is 51.4 Å². The number of amides is 2. The lowest BCUT2D eigenvalue weighted by atomic mass is 10.0. The fourth-order valence-corrected chi connectivity index (χ4v) is 4.60. The predicted molar refractivity (Wildman–Crippen MR) is 126 cm³/mol. The van der Waals surface area contributed by atoms with Gasteiger partial charge in [0.15, 0.2) is 0 Å². The van der Waals surface area contributed by atoms with E-state index >= 15 is 0 Å². The molecule has 1 saturated heterocycles. The van der Waals surface area contributed by atoms with Gasteiger partial charge in [0, 0.05) is 24.8 Å².